The Morgan fingerprint density at radius 3 is 2.38 bits per heavy atom. The summed E-state index contributed by atoms with van der Waals surface area (Å²) in [6.45, 7) is -0.200. The molecule has 1 amide bonds. The second-order valence-electron chi connectivity index (χ2n) is 7.49. The van der Waals surface area contributed by atoms with Crippen LogP contribution in [0, 0.1) is 5.95 Å². The lowest BCUT2D eigenvalue weighted by molar-refractivity contribution is 0.0182. The molecule has 1 aliphatic carbocycles. The minimum absolute atomic E-state index is 0.0512. The Bertz CT molecular complexity index is 1110. The quantitative estimate of drug-likeness (QED) is 0.388. The molecule has 2 atom stereocenters. The van der Waals surface area contributed by atoms with Gasteiger partial charge in [-0.15, -0.1) is 0 Å². The maximum Gasteiger partial charge on any atom is 0.407 e. The number of carbonyl (C=O) groups is 2. The zero-order valence-corrected chi connectivity index (χ0v) is 16.9. The SMILES string of the molecule is O=Cc1cc(C(O)C(O)CNC(=O)OCC2c3ccccc3-c3ccccc32)cnc1F. The van der Waals surface area contributed by atoms with E-state index in [1.807, 2.05) is 48.5 Å². The number of ether oxygens (including phenoxy) is 1. The van der Waals surface area contributed by atoms with Crippen molar-refractivity contribution in [1.29, 1.82) is 0 Å². The number of hydrogen-bond donors (Lipinski definition) is 3. The molecule has 0 saturated carbocycles. The number of aliphatic hydroxyl groups is 2. The highest BCUT2D eigenvalue weighted by Gasteiger charge is 2.29. The van der Waals surface area contributed by atoms with Gasteiger partial charge in [0.15, 0.2) is 6.29 Å². The number of nitrogens with one attached hydrogen (secondary N) is 1. The molecular weight excluding hydrogens is 415 g/mol. The first-order valence-corrected chi connectivity index (χ1v) is 10.0. The number of hydrogen-bond acceptors (Lipinski definition) is 6. The Balaban J connectivity index is 1.34. The fourth-order valence-electron chi connectivity index (χ4n) is 3.90. The average Bonchev–Trinajstić information content (AvgIpc) is 3.14. The van der Waals surface area contributed by atoms with Gasteiger partial charge in [-0.1, -0.05) is 48.5 Å². The van der Waals surface area contributed by atoms with Gasteiger partial charge in [-0.2, -0.15) is 4.39 Å². The van der Waals surface area contributed by atoms with Crippen molar-refractivity contribution in [3.8, 4) is 11.1 Å². The summed E-state index contributed by atoms with van der Waals surface area (Å²) in [5, 5.41) is 22.8. The number of amides is 1. The van der Waals surface area contributed by atoms with Crippen LogP contribution in [-0.2, 0) is 4.74 Å². The summed E-state index contributed by atoms with van der Waals surface area (Å²) in [5.74, 6) is -1.07. The van der Waals surface area contributed by atoms with Crippen LogP contribution >= 0.6 is 0 Å². The van der Waals surface area contributed by atoms with Gasteiger partial charge < -0.3 is 20.3 Å². The highest BCUT2D eigenvalue weighted by atomic mass is 19.1. The van der Waals surface area contributed by atoms with Crippen molar-refractivity contribution < 1.29 is 28.9 Å². The van der Waals surface area contributed by atoms with Crippen molar-refractivity contribution in [2.24, 2.45) is 0 Å². The number of fused-ring (bicyclic) bond motifs is 3. The molecule has 1 heterocycles. The summed E-state index contributed by atoms with van der Waals surface area (Å²) in [4.78, 5) is 26.4. The van der Waals surface area contributed by atoms with Gasteiger partial charge in [0.2, 0.25) is 5.95 Å². The van der Waals surface area contributed by atoms with E-state index in [2.05, 4.69) is 10.3 Å². The molecule has 3 aromatic rings. The van der Waals surface area contributed by atoms with E-state index in [-0.39, 0.29) is 36.5 Å². The van der Waals surface area contributed by atoms with Crippen LogP contribution in [0.4, 0.5) is 9.18 Å². The van der Waals surface area contributed by atoms with Crippen LogP contribution in [0.1, 0.15) is 39.1 Å². The van der Waals surface area contributed by atoms with Crippen LogP contribution in [0.3, 0.4) is 0 Å². The summed E-state index contributed by atoms with van der Waals surface area (Å²) in [7, 11) is 0. The molecule has 7 nitrogen and oxygen atoms in total. The lowest BCUT2D eigenvalue weighted by Gasteiger charge is -2.19. The first kappa shape index (κ1) is 21.6. The number of halogens is 1. The van der Waals surface area contributed by atoms with E-state index in [4.69, 9.17) is 4.74 Å². The van der Waals surface area contributed by atoms with E-state index in [0.29, 0.717) is 0 Å². The molecule has 32 heavy (non-hydrogen) atoms. The van der Waals surface area contributed by atoms with Crippen molar-refractivity contribution >= 4 is 12.4 Å². The number of aldehydes is 1. The Hall–Kier alpha value is -3.62. The van der Waals surface area contributed by atoms with Crippen LogP contribution in [0.15, 0.2) is 60.8 Å². The van der Waals surface area contributed by atoms with Gasteiger partial charge in [0.25, 0.3) is 0 Å². The molecule has 1 aromatic heterocycles. The number of aliphatic hydroxyl groups excluding tert-OH is 2. The van der Waals surface area contributed by atoms with E-state index >= 15 is 0 Å². The minimum Gasteiger partial charge on any atom is -0.449 e. The maximum absolute atomic E-state index is 13.3. The molecule has 0 aliphatic heterocycles. The predicted molar refractivity (Wildman–Crippen MR) is 114 cm³/mol. The van der Waals surface area contributed by atoms with Crippen LogP contribution < -0.4 is 5.32 Å². The van der Waals surface area contributed by atoms with Crippen molar-refractivity contribution in [3.63, 3.8) is 0 Å². The summed E-state index contributed by atoms with van der Waals surface area (Å²) < 4.78 is 18.7. The molecule has 1 aliphatic rings. The number of rotatable bonds is 7. The van der Waals surface area contributed by atoms with Gasteiger partial charge in [0.05, 0.1) is 5.56 Å². The summed E-state index contributed by atoms with van der Waals surface area (Å²) in [5.41, 5.74) is 4.09. The van der Waals surface area contributed by atoms with Gasteiger partial charge in [-0.25, -0.2) is 9.78 Å². The first-order chi connectivity index (χ1) is 15.5. The average molecular weight is 436 g/mol. The third kappa shape index (κ3) is 4.23. The zero-order chi connectivity index (χ0) is 22.7. The smallest absolute Gasteiger partial charge is 0.407 e. The molecule has 164 valence electrons. The number of pyridine rings is 1. The Kier molecular flexibility index (Phi) is 6.25. The van der Waals surface area contributed by atoms with E-state index in [9.17, 15) is 24.2 Å². The number of alkyl carbamates (subject to hydrolysis) is 1. The topological polar surface area (TPSA) is 109 Å². The summed E-state index contributed by atoms with van der Waals surface area (Å²) in [6, 6.07) is 17.0. The first-order valence-electron chi connectivity index (χ1n) is 10.0. The second kappa shape index (κ2) is 9.25. The lowest BCUT2D eigenvalue weighted by Crippen LogP contribution is -2.36. The van der Waals surface area contributed by atoms with Crippen molar-refractivity contribution in [2.45, 2.75) is 18.1 Å². The molecule has 8 heteroatoms. The van der Waals surface area contributed by atoms with Gasteiger partial charge in [-0.05, 0) is 28.3 Å². The van der Waals surface area contributed by atoms with Crippen molar-refractivity contribution in [3.05, 3.63) is 89.0 Å². The molecule has 3 N–H and O–H groups in total. The third-order valence-electron chi connectivity index (χ3n) is 5.52. The van der Waals surface area contributed by atoms with Crippen LogP contribution in [0.5, 0.6) is 0 Å². The number of nitrogens with zero attached hydrogens (tertiary/aromatic N) is 1. The Morgan fingerprint density at radius 1 is 1.12 bits per heavy atom. The molecular formula is C24H21FN2O5. The molecule has 2 unspecified atom stereocenters. The van der Waals surface area contributed by atoms with Crippen molar-refractivity contribution in [2.75, 3.05) is 13.2 Å². The highest BCUT2D eigenvalue weighted by Crippen LogP contribution is 2.44. The monoisotopic (exact) mass is 436 g/mol. The number of benzene rings is 2. The molecule has 0 fully saturated rings. The second-order valence-corrected chi connectivity index (χ2v) is 7.49. The van der Waals surface area contributed by atoms with Crippen LogP contribution in [-0.4, -0.2) is 46.8 Å². The standard InChI is InChI=1S/C24H21FN2O5/c25-23-15(12-28)9-14(10-26-23)22(30)21(29)11-27-24(31)32-13-20-18-7-3-1-5-16(18)17-6-2-4-8-19(17)20/h1-10,12,20-22,29-30H,11,13H2,(H,27,31). The number of aromatic nitrogens is 1. The molecule has 0 saturated heterocycles. The Labute approximate surface area is 183 Å². The maximum atomic E-state index is 13.3. The highest BCUT2D eigenvalue weighted by molar-refractivity contribution is 5.79. The van der Waals surface area contributed by atoms with E-state index in [1.54, 1.807) is 0 Å². The largest absolute Gasteiger partial charge is 0.449 e. The normalized spacial score (nSPS) is 14.2. The molecule has 4 rings (SSSR count). The predicted octanol–water partition coefficient (Wildman–Crippen LogP) is 2.97. The van der Waals surface area contributed by atoms with Crippen LogP contribution in [0.2, 0.25) is 0 Å². The fraction of sp³-hybridized carbons (Fsp3) is 0.208. The van der Waals surface area contributed by atoms with Crippen LogP contribution in [0.25, 0.3) is 11.1 Å². The summed E-state index contributed by atoms with van der Waals surface area (Å²) >= 11 is 0. The minimum atomic E-state index is -1.48. The van der Waals surface area contributed by atoms with Gasteiger partial charge >= 0.3 is 6.09 Å². The van der Waals surface area contributed by atoms with Crippen molar-refractivity contribution in [1.82, 2.24) is 10.3 Å². The van der Waals surface area contributed by atoms with E-state index in [0.717, 1.165) is 34.5 Å². The Morgan fingerprint density at radius 2 is 1.75 bits per heavy atom. The molecule has 0 radical (unpaired) electrons. The summed E-state index contributed by atoms with van der Waals surface area (Å²) in [6.07, 6.45) is -2.36. The third-order valence-corrected chi connectivity index (χ3v) is 5.52. The molecule has 0 spiro atoms. The molecule has 0 bridgehead atoms. The zero-order valence-electron chi connectivity index (χ0n) is 16.9. The van der Waals surface area contributed by atoms with Gasteiger partial charge in [-0.3, -0.25) is 4.79 Å². The van der Waals surface area contributed by atoms with E-state index < -0.39 is 24.2 Å². The van der Waals surface area contributed by atoms with Gasteiger partial charge in [0.1, 0.15) is 18.8 Å². The number of carbonyl (C=O) groups excluding carboxylic acids is 2. The lowest BCUT2D eigenvalue weighted by atomic mass is 9.98. The van der Waals surface area contributed by atoms with E-state index in [1.165, 1.54) is 0 Å². The molecule has 2 aromatic carbocycles. The van der Waals surface area contributed by atoms with Gasteiger partial charge in [0, 0.05) is 24.2 Å². The fourth-order valence-corrected chi connectivity index (χ4v) is 3.90.